The maximum Gasteiger partial charge on any atom is 0.264 e. The first kappa shape index (κ1) is 33.4. The number of para-hydroxylation sites is 1. The Labute approximate surface area is 265 Å². The summed E-state index contributed by atoms with van der Waals surface area (Å²) in [5.41, 5.74) is 3.22. The van der Waals surface area contributed by atoms with Gasteiger partial charge in [-0.25, -0.2) is 12.8 Å². The van der Waals surface area contributed by atoms with Gasteiger partial charge in [0.1, 0.15) is 18.4 Å². The second-order valence-corrected chi connectivity index (χ2v) is 13.2. The van der Waals surface area contributed by atoms with Crippen LogP contribution in [0.25, 0.3) is 0 Å². The topological polar surface area (TPSA) is 86.8 Å². The summed E-state index contributed by atoms with van der Waals surface area (Å²) >= 11 is 0. The van der Waals surface area contributed by atoms with Crippen LogP contribution in [0.15, 0.2) is 108 Å². The van der Waals surface area contributed by atoms with Gasteiger partial charge in [-0.3, -0.25) is 13.9 Å². The number of carbonyl (C=O) groups is 2. The fourth-order valence-corrected chi connectivity index (χ4v) is 6.31. The standard InChI is InChI=1S/C36H40FN3O4S/c1-5-28(4)38-36(42)34(23-29-11-7-6-8-12-29)39(24-30-19-15-26(2)16-20-30)35(41)25-40(33-14-10-9-13-32(33)37)45(43,44)31-21-17-27(3)18-22-31/h6-22,28,34H,5,23-25H2,1-4H3,(H,38,42)/t28-,34-/m1/s1. The number of rotatable bonds is 13. The molecule has 2 atom stereocenters. The first-order valence-electron chi connectivity index (χ1n) is 15.0. The van der Waals surface area contributed by atoms with Crippen molar-refractivity contribution >= 4 is 27.5 Å². The van der Waals surface area contributed by atoms with Crippen molar-refractivity contribution in [3.63, 3.8) is 0 Å². The number of sulfonamides is 1. The SMILES string of the molecule is CC[C@@H](C)NC(=O)[C@@H](Cc1ccccc1)N(Cc1ccc(C)cc1)C(=O)CN(c1ccccc1F)S(=O)(=O)c1ccc(C)cc1. The van der Waals surface area contributed by atoms with Gasteiger partial charge in [-0.2, -0.15) is 0 Å². The van der Waals surface area contributed by atoms with Crippen LogP contribution in [0.2, 0.25) is 0 Å². The third-order valence-electron chi connectivity index (χ3n) is 7.75. The van der Waals surface area contributed by atoms with Crippen LogP contribution in [0, 0.1) is 19.7 Å². The van der Waals surface area contributed by atoms with Crippen molar-refractivity contribution in [2.24, 2.45) is 0 Å². The number of aryl methyl sites for hydroxylation is 2. The van der Waals surface area contributed by atoms with E-state index >= 15 is 4.39 Å². The Balaban J connectivity index is 1.81. The normalized spacial score (nSPS) is 12.6. The van der Waals surface area contributed by atoms with Crippen molar-refractivity contribution in [3.05, 3.63) is 131 Å². The zero-order valence-corrected chi connectivity index (χ0v) is 26.9. The highest BCUT2D eigenvalue weighted by atomic mass is 32.2. The van der Waals surface area contributed by atoms with Crippen LogP contribution >= 0.6 is 0 Å². The first-order chi connectivity index (χ1) is 21.5. The molecule has 0 unspecified atom stereocenters. The molecule has 236 valence electrons. The molecule has 0 aromatic heterocycles. The molecule has 0 radical (unpaired) electrons. The van der Waals surface area contributed by atoms with E-state index < -0.39 is 34.3 Å². The molecule has 2 amide bonds. The molecular formula is C36H40FN3O4S. The van der Waals surface area contributed by atoms with E-state index in [-0.39, 0.29) is 35.5 Å². The largest absolute Gasteiger partial charge is 0.352 e. The number of benzene rings is 4. The fourth-order valence-electron chi connectivity index (χ4n) is 4.89. The van der Waals surface area contributed by atoms with Gasteiger partial charge in [-0.15, -0.1) is 0 Å². The monoisotopic (exact) mass is 629 g/mol. The van der Waals surface area contributed by atoms with Crippen molar-refractivity contribution < 1.29 is 22.4 Å². The second-order valence-electron chi connectivity index (χ2n) is 11.3. The number of nitrogens with one attached hydrogen (secondary N) is 1. The van der Waals surface area contributed by atoms with Gasteiger partial charge in [0.2, 0.25) is 11.8 Å². The van der Waals surface area contributed by atoms with Gasteiger partial charge in [0.25, 0.3) is 10.0 Å². The van der Waals surface area contributed by atoms with Gasteiger partial charge in [0, 0.05) is 19.0 Å². The molecule has 0 saturated heterocycles. The van der Waals surface area contributed by atoms with E-state index in [4.69, 9.17) is 0 Å². The molecule has 0 aliphatic rings. The number of anilines is 1. The Morgan fingerprint density at radius 3 is 1.98 bits per heavy atom. The molecule has 0 spiro atoms. The van der Waals surface area contributed by atoms with Crippen LogP contribution < -0.4 is 9.62 Å². The molecule has 0 saturated carbocycles. The molecule has 4 rings (SSSR count). The zero-order chi connectivity index (χ0) is 32.6. The van der Waals surface area contributed by atoms with Gasteiger partial charge in [-0.05, 0) is 62.6 Å². The minimum absolute atomic E-state index is 0.0419. The Bertz CT molecular complexity index is 1690. The highest BCUT2D eigenvalue weighted by molar-refractivity contribution is 7.92. The second kappa shape index (κ2) is 15.0. The van der Waals surface area contributed by atoms with E-state index in [1.165, 1.54) is 35.2 Å². The summed E-state index contributed by atoms with van der Waals surface area (Å²) in [4.78, 5) is 29.7. The van der Waals surface area contributed by atoms with Crippen molar-refractivity contribution in [2.75, 3.05) is 10.8 Å². The van der Waals surface area contributed by atoms with Crippen LogP contribution in [-0.4, -0.2) is 43.8 Å². The Morgan fingerprint density at radius 2 is 1.38 bits per heavy atom. The maximum absolute atomic E-state index is 15.2. The van der Waals surface area contributed by atoms with E-state index in [2.05, 4.69) is 5.32 Å². The number of hydrogen-bond acceptors (Lipinski definition) is 4. The fraction of sp³-hybridized carbons (Fsp3) is 0.278. The molecular weight excluding hydrogens is 589 g/mol. The van der Waals surface area contributed by atoms with Crippen LogP contribution in [0.4, 0.5) is 10.1 Å². The Hall–Kier alpha value is -4.50. The quantitative estimate of drug-likeness (QED) is 0.191. The zero-order valence-electron chi connectivity index (χ0n) is 26.1. The molecule has 0 bridgehead atoms. The number of nitrogens with zero attached hydrogens (tertiary/aromatic N) is 2. The molecule has 4 aromatic carbocycles. The van der Waals surface area contributed by atoms with E-state index in [9.17, 15) is 18.0 Å². The van der Waals surface area contributed by atoms with E-state index in [1.54, 1.807) is 12.1 Å². The molecule has 0 aliphatic heterocycles. The highest BCUT2D eigenvalue weighted by Gasteiger charge is 2.35. The third-order valence-corrected chi connectivity index (χ3v) is 9.53. The van der Waals surface area contributed by atoms with E-state index in [0.29, 0.717) is 6.42 Å². The minimum Gasteiger partial charge on any atom is -0.352 e. The van der Waals surface area contributed by atoms with Crippen LogP contribution in [0.5, 0.6) is 0 Å². The molecule has 45 heavy (non-hydrogen) atoms. The number of amides is 2. The average molecular weight is 630 g/mol. The number of halogens is 1. The Morgan fingerprint density at radius 1 is 0.800 bits per heavy atom. The van der Waals surface area contributed by atoms with E-state index in [1.807, 2.05) is 82.3 Å². The lowest BCUT2D eigenvalue weighted by atomic mass is 10.0. The first-order valence-corrected chi connectivity index (χ1v) is 16.5. The van der Waals surface area contributed by atoms with Crippen LogP contribution in [-0.2, 0) is 32.6 Å². The molecule has 0 fully saturated rings. The van der Waals surface area contributed by atoms with Crippen molar-refractivity contribution in [1.29, 1.82) is 0 Å². The summed E-state index contributed by atoms with van der Waals surface area (Å²) in [6.45, 7) is 6.94. The van der Waals surface area contributed by atoms with Gasteiger partial charge >= 0.3 is 0 Å². The summed E-state index contributed by atoms with van der Waals surface area (Å²) in [6, 6.07) is 27.4. The molecule has 1 N–H and O–H groups in total. The lowest BCUT2D eigenvalue weighted by Gasteiger charge is -2.34. The van der Waals surface area contributed by atoms with E-state index in [0.717, 1.165) is 32.6 Å². The third kappa shape index (κ3) is 8.57. The van der Waals surface area contributed by atoms with Crippen LogP contribution in [0.1, 0.15) is 42.5 Å². The average Bonchev–Trinajstić information content (AvgIpc) is 3.03. The lowest BCUT2D eigenvalue weighted by molar-refractivity contribution is -0.140. The summed E-state index contributed by atoms with van der Waals surface area (Å²) in [6.07, 6.45) is 0.886. The molecule has 9 heteroatoms. The number of hydrogen-bond donors (Lipinski definition) is 1. The predicted molar refractivity (Wildman–Crippen MR) is 176 cm³/mol. The lowest BCUT2D eigenvalue weighted by Crippen LogP contribution is -2.54. The predicted octanol–water partition coefficient (Wildman–Crippen LogP) is 6.19. The highest BCUT2D eigenvalue weighted by Crippen LogP contribution is 2.27. The van der Waals surface area contributed by atoms with Crippen molar-refractivity contribution in [2.45, 2.75) is 64.1 Å². The molecule has 0 heterocycles. The minimum atomic E-state index is -4.38. The van der Waals surface area contributed by atoms with Gasteiger partial charge < -0.3 is 10.2 Å². The summed E-state index contributed by atoms with van der Waals surface area (Å²) in [7, 11) is -4.38. The van der Waals surface area contributed by atoms with Crippen molar-refractivity contribution in [1.82, 2.24) is 10.2 Å². The van der Waals surface area contributed by atoms with Crippen molar-refractivity contribution in [3.8, 4) is 0 Å². The van der Waals surface area contributed by atoms with Crippen LogP contribution in [0.3, 0.4) is 0 Å². The smallest absolute Gasteiger partial charge is 0.264 e. The molecule has 0 aliphatic carbocycles. The van der Waals surface area contributed by atoms with Gasteiger partial charge in [0.15, 0.2) is 0 Å². The Kier molecular flexibility index (Phi) is 11.1. The summed E-state index contributed by atoms with van der Waals surface area (Å²) < 4.78 is 44.1. The summed E-state index contributed by atoms with van der Waals surface area (Å²) in [5.74, 6) is -1.79. The summed E-state index contributed by atoms with van der Waals surface area (Å²) in [5, 5.41) is 3.01. The molecule has 7 nitrogen and oxygen atoms in total. The van der Waals surface area contributed by atoms with Gasteiger partial charge in [-0.1, -0.05) is 96.9 Å². The maximum atomic E-state index is 15.2. The van der Waals surface area contributed by atoms with Gasteiger partial charge in [0.05, 0.1) is 10.6 Å². The number of carbonyl (C=O) groups excluding carboxylic acids is 2. The molecule has 4 aromatic rings.